The molecule has 7 heteroatoms. The molecule has 1 aromatic rings. The number of carbonyl (C=O) groups is 2. The number of nitrogens with zero attached hydrogens (tertiary/aromatic N) is 2. The monoisotopic (exact) mass is 294 g/mol. The number of nitro benzene ring substituents is 1. The Morgan fingerprint density at radius 3 is 2.65 bits per heavy atom. The van der Waals surface area contributed by atoms with E-state index in [0.29, 0.717) is 16.3 Å². The lowest BCUT2D eigenvalue weighted by Crippen LogP contribution is -2.30. The quantitative estimate of drug-likeness (QED) is 0.487. The Morgan fingerprint density at radius 1 is 1.45 bits per heavy atom. The molecule has 0 fully saturated rings. The highest BCUT2D eigenvalue weighted by molar-refractivity contribution is 6.52. The molecule has 0 radical (unpaired) electrons. The van der Waals surface area contributed by atoms with Crippen LogP contribution in [0.4, 0.5) is 11.4 Å². The molecule has 0 aliphatic carbocycles. The number of hydrogen-bond donors (Lipinski definition) is 0. The molecule has 0 N–H and O–H groups in total. The van der Waals surface area contributed by atoms with E-state index in [2.05, 4.69) is 0 Å². The van der Waals surface area contributed by atoms with Crippen LogP contribution in [0, 0.1) is 17.0 Å². The first-order chi connectivity index (χ1) is 9.32. The third-order valence-corrected chi connectivity index (χ3v) is 3.16. The van der Waals surface area contributed by atoms with Crippen molar-refractivity contribution in [3.05, 3.63) is 44.5 Å². The van der Waals surface area contributed by atoms with Gasteiger partial charge in [-0.15, -0.1) is 0 Å². The van der Waals surface area contributed by atoms with E-state index in [4.69, 9.17) is 11.6 Å². The van der Waals surface area contributed by atoms with Gasteiger partial charge in [0.25, 0.3) is 17.4 Å². The minimum absolute atomic E-state index is 0.0716. The van der Waals surface area contributed by atoms with Crippen molar-refractivity contribution in [3.8, 4) is 0 Å². The smallest absolute Gasteiger partial charge is 0.299 e. The van der Waals surface area contributed by atoms with Crippen molar-refractivity contribution in [2.75, 3.05) is 11.4 Å². The van der Waals surface area contributed by atoms with E-state index in [0.717, 1.165) is 6.07 Å². The normalized spacial score (nSPS) is 14.8. The first-order valence-corrected chi connectivity index (χ1v) is 6.18. The molecular formula is C13H11ClN2O4. The van der Waals surface area contributed by atoms with Crippen LogP contribution in [0.15, 0.2) is 23.2 Å². The van der Waals surface area contributed by atoms with Crippen LogP contribution in [0.1, 0.15) is 22.8 Å². The zero-order valence-electron chi connectivity index (χ0n) is 10.8. The Hall–Kier alpha value is -2.21. The van der Waals surface area contributed by atoms with Crippen LogP contribution in [-0.4, -0.2) is 23.2 Å². The van der Waals surface area contributed by atoms with E-state index in [9.17, 15) is 19.7 Å². The van der Waals surface area contributed by atoms with Gasteiger partial charge in [0.1, 0.15) is 0 Å². The zero-order chi connectivity index (χ0) is 15.0. The number of rotatable bonds is 3. The topological polar surface area (TPSA) is 80.5 Å². The number of Topliss-reactive ketones (excluding diaryl/α,β-unsaturated/α-hetero) is 1. The highest BCUT2D eigenvalue weighted by Crippen LogP contribution is 2.35. The summed E-state index contributed by atoms with van der Waals surface area (Å²) >= 11 is 5.72. The van der Waals surface area contributed by atoms with Gasteiger partial charge in [0.05, 0.1) is 16.2 Å². The molecule has 0 spiro atoms. The van der Waals surface area contributed by atoms with Crippen LogP contribution in [-0.2, 0) is 4.79 Å². The van der Waals surface area contributed by atoms with Crippen LogP contribution in [0.3, 0.4) is 0 Å². The number of aryl methyl sites for hydroxylation is 1. The van der Waals surface area contributed by atoms with Crippen molar-refractivity contribution in [2.24, 2.45) is 0 Å². The molecular weight excluding hydrogens is 284 g/mol. The molecule has 0 saturated heterocycles. The van der Waals surface area contributed by atoms with Gasteiger partial charge in [-0.05, 0) is 19.4 Å². The fourth-order valence-electron chi connectivity index (χ4n) is 2.13. The Morgan fingerprint density at radius 2 is 2.10 bits per heavy atom. The summed E-state index contributed by atoms with van der Waals surface area (Å²) in [5, 5.41) is 11.3. The lowest BCUT2D eigenvalue weighted by Gasteiger charge is -2.16. The first kappa shape index (κ1) is 14.2. The molecule has 6 nitrogen and oxygen atoms in total. The summed E-state index contributed by atoms with van der Waals surface area (Å²) in [7, 11) is 0. The molecule has 2 rings (SSSR count). The molecule has 1 aromatic carbocycles. The second kappa shape index (κ2) is 5.05. The van der Waals surface area contributed by atoms with Gasteiger partial charge in [-0.2, -0.15) is 0 Å². The lowest BCUT2D eigenvalue weighted by atomic mass is 10.1. The third-order valence-electron chi connectivity index (χ3n) is 3.01. The predicted octanol–water partition coefficient (Wildman–Crippen LogP) is 2.58. The summed E-state index contributed by atoms with van der Waals surface area (Å²) in [5.41, 5.74) is 0.796. The van der Waals surface area contributed by atoms with E-state index in [1.54, 1.807) is 19.9 Å². The fraction of sp³-hybridized carbons (Fsp3) is 0.231. The predicted molar refractivity (Wildman–Crippen MR) is 74.1 cm³/mol. The summed E-state index contributed by atoms with van der Waals surface area (Å²) < 4.78 is 0. The summed E-state index contributed by atoms with van der Waals surface area (Å²) in [6.07, 6.45) is 1.60. The van der Waals surface area contributed by atoms with Gasteiger partial charge in [-0.3, -0.25) is 19.7 Å². The highest BCUT2D eigenvalue weighted by atomic mass is 35.5. The summed E-state index contributed by atoms with van der Waals surface area (Å²) in [5.74, 6) is -1.43. The number of hydrogen-bond acceptors (Lipinski definition) is 4. The average Bonchev–Trinajstić information content (AvgIpc) is 2.61. The number of ketones is 1. The van der Waals surface area contributed by atoms with Crippen LogP contribution >= 0.6 is 11.6 Å². The SMILES string of the molecule is CC(Cl)=CCN1C(=O)C(=O)c2cc([N+](=O)[O-])cc(C)c21. The van der Waals surface area contributed by atoms with Crippen molar-refractivity contribution in [1.82, 2.24) is 0 Å². The fourth-order valence-corrected chi connectivity index (χ4v) is 2.20. The van der Waals surface area contributed by atoms with E-state index in [-0.39, 0.29) is 17.8 Å². The van der Waals surface area contributed by atoms with E-state index in [1.165, 1.54) is 11.0 Å². The number of allylic oxidation sites excluding steroid dienone is 1. The maximum Gasteiger partial charge on any atom is 0.299 e. The lowest BCUT2D eigenvalue weighted by molar-refractivity contribution is -0.384. The van der Waals surface area contributed by atoms with Gasteiger partial charge >= 0.3 is 0 Å². The maximum atomic E-state index is 11.9. The maximum absolute atomic E-state index is 11.9. The second-order valence-corrected chi connectivity index (χ2v) is 5.05. The second-order valence-electron chi connectivity index (χ2n) is 4.45. The molecule has 20 heavy (non-hydrogen) atoms. The Balaban J connectivity index is 2.55. The number of carbonyl (C=O) groups excluding carboxylic acids is 2. The van der Waals surface area contributed by atoms with E-state index < -0.39 is 16.6 Å². The van der Waals surface area contributed by atoms with Crippen molar-refractivity contribution in [2.45, 2.75) is 13.8 Å². The van der Waals surface area contributed by atoms with Gasteiger partial charge in [-0.1, -0.05) is 17.7 Å². The molecule has 1 aliphatic heterocycles. The zero-order valence-corrected chi connectivity index (χ0v) is 11.6. The molecule has 1 amide bonds. The number of anilines is 1. The molecule has 0 saturated carbocycles. The summed E-state index contributed by atoms with van der Waals surface area (Å²) in [6, 6.07) is 2.48. The molecule has 104 valence electrons. The first-order valence-electron chi connectivity index (χ1n) is 5.80. The van der Waals surface area contributed by atoms with Crippen molar-refractivity contribution < 1.29 is 14.5 Å². The molecule has 1 aliphatic rings. The standard InChI is InChI=1S/C13H11ClN2O4/c1-7-5-9(16(19)20)6-10-11(7)15(4-3-8(2)14)13(18)12(10)17/h3,5-6H,4H2,1-2H3. The molecule has 1 heterocycles. The summed E-state index contributed by atoms with van der Waals surface area (Å²) in [4.78, 5) is 35.4. The molecule has 0 bridgehead atoms. The van der Waals surface area contributed by atoms with E-state index in [1.807, 2.05) is 0 Å². The third kappa shape index (κ3) is 2.30. The summed E-state index contributed by atoms with van der Waals surface area (Å²) in [6.45, 7) is 3.45. The number of benzene rings is 1. The van der Waals surface area contributed by atoms with Gasteiger partial charge in [-0.25, -0.2) is 0 Å². The minimum Gasteiger partial charge on any atom is -0.301 e. The van der Waals surface area contributed by atoms with Crippen molar-refractivity contribution >= 4 is 34.7 Å². The molecule has 0 aromatic heterocycles. The number of nitro groups is 1. The largest absolute Gasteiger partial charge is 0.301 e. The minimum atomic E-state index is -0.729. The molecule has 0 unspecified atom stereocenters. The van der Waals surface area contributed by atoms with Crippen LogP contribution in [0.25, 0.3) is 0 Å². The Bertz CT molecular complexity index is 663. The van der Waals surface area contributed by atoms with E-state index >= 15 is 0 Å². The number of amides is 1. The van der Waals surface area contributed by atoms with Crippen molar-refractivity contribution in [3.63, 3.8) is 0 Å². The Kier molecular flexibility index (Phi) is 3.59. The van der Waals surface area contributed by atoms with Gasteiger partial charge in [0, 0.05) is 23.7 Å². The molecule has 0 atom stereocenters. The highest BCUT2D eigenvalue weighted by Gasteiger charge is 2.37. The average molecular weight is 295 g/mol. The Labute approximate surface area is 119 Å². The van der Waals surface area contributed by atoms with Crippen LogP contribution in [0.5, 0.6) is 0 Å². The van der Waals surface area contributed by atoms with Gasteiger partial charge < -0.3 is 4.90 Å². The van der Waals surface area contributed by atoms with Crippen molar-refractivity contribution in [1.29, 1.82) is 0 Å². The van der Waals surface area contributed by atoms with Gasteiger partial charge in [0.15, 0.2) is 0 Å². The number of non-ortho nitro benzene ring substituents is 1. The van der Waals surface area contributed by atoms with Crippen LogP contribution in [0.2, 0.25) is 0 Å². The van der Waals surface area contributed by atoms with Crippen LogP contribution < -0.4 is 4.90 Å². The van der Waals surface area contributed by atoms with Gasteiger partial charge in [0.2, 0.25) is 0 Å². The number of halogens is 1. The number of fused-ring (bicyclic) bond motifs is 1.